The molecule has 0 aromatic rings. The van der Waals surface area contributed by atoms with Crippen molar-refractivity contribution in [3.63, 3.8) is 0 Å². The Balaban J connectivity index is 4.59. The molecule has 110 valence electrons. The monoisotopic (exact) mass is 274 g/mol. The predicted molar refractivity (Wildman–Crippen MR) is 68.9 cm³/mol. The van der Waals surface area contributed by atoms with Crippen LogP contribution in [0.3, 0.4) is 0 Å². The lowest BCUT2D eigenvalue weighted by Crippen LogP contribution is -2.49. The van der Waals surface area contributed by atoms with E-state index in [0.717, 1.165) is 6.42 Å². The van der Waals surface area contributed by atoms with Crippen molar-refractivity contribution in [2.24, 2.45) is 5.92 Å². The lowest BCUT2D eigenvalue weighted by Gasteiger charge is -2.25. The lowest BCUT2D eigenvalue weighted by molar-refractivity contribution is -0.145. The van der Waals surface area contributed by atoms with Crippen molar-refractivity contribution in [3.8, 4) is 0 Å². The molecule has 0 spiro atoms. The van der Waals surface area contributed by atoms with Crippen molar-refractivity contribution < 1.29 is 24.6 Å². The first-order valence-corrected chi connectivity index (χ1v) is 6.31. The number of carbonyl (C=O) groups is 3. The fourth-order valence-electron chi connectivity index (χ4n) is 1.48. The Morgan fingerprint density at radius 3 is 2.16 bits per heavy atom. The fraction of sp³-hybridized carbons (Fsp3) is 0.750. The topological polar surface area (TPSA) is 107 Å². The molecule has 0 heterocycles. The van der Waals surface area contributed by atoms with Crippen LogP contribution in [0, 0.1) is 5.92 Å². The third-order valence-electron chi connectivity index (χ3n) is 2.87. The van der Waals surface area contributed by atoms with E-state index in [9.17, 15) is 14.4 Å². The van der Waals surface area contributed by atoms with Crippen molar-refractivity contribution in [1.29, 1.82) is 0 Å². The van der Waals surface area contributed by atoms with Crippen LogP contribution in [0.15, 0.2) is 0 Å². The Bertz CT molecular complexity index is 332. The van der Waals surface area contributed by atoms with Crippen molar-refractivity contribution in [2.75, 3.05) is 13.1 Å². The van der Waals surface area contributed by atoms with Crippen LogP contribution in [-0.4, -0.2) is 52.2 Å². The van der Waals surface area contributed by atoms with Crippen LogP contribution in [0.1, 0.15) is 33.6 Å². The lowest BCUT2D eigenvalue weighted by atomic mass is 10.1. The van der Waals surface area contributed by atoms with Gasteiger partial charge in [-0.3, -0.25) is 4.79 Å². The third kappa shape index (κ3) is 6.64. The highest BCUT2D eigenvalue weighted by atomic mass is 16.4. The van der Waals surface area contributed by atoms with Crippen molar-refractivity contribution in [1.82, 2.24) is 10.2 Å². The average Bonchev–Trinajstić information content (AvgIpc) is 2.33. The SMILES string of the molecule is CCC(C)CN(CC)C(=O)NC(CC(=O)O)C(=O)O. The van der Waals surface area contributed by atoms with Gasteiger partial charge in [0.1, 0.15) is 6.04 Å². The Kier molecular flexibility index (Phi) is 7.55. The van der Waals surface area contributed by atoms with Crippen LogP contribution in [-0.2, 0) is 9.59 Å². The number of carboxylic acid groups (broad SMARTS) is 2. The second-order valence-electron chi connectivity index (χ2n) is 4.49. The van der Waals surface area contributed by atoms with Gasteiger partial charge in [-0.25, -0.2) is 9.59 Å². The van der Waals surface area contributed by atoms with Crippen molar-refractivity contribution in [2.45, 2.75) is 39.7 Å². The maximum Gasteiger partial charge on any atom is 0.326 e. The molecule has 7 heteroatoms. The van der Waals surface area contributed by atoms with Gasteiger partial charge in [0, 0.05) is 13.1 Å². The summed E-state index contributed by atoms with van der Waals surface area (Å²) in [6, 6.07) is -1.95. The molecule has 0 aliphatic heterocycles. The van der Waals surface area contributed by atoms with Crippen LogP contribution in [0.5, 0.6) is 0 Å². The maximum atomic E-state index is 11.9. The number of aliphatic carboxylic acids is 2. The van der Waals surface area contributed by atoms with Crippen LogP contribution >= 0.6 is 0 Å². The first kappa shape index (κ1) is 17.2. The van der Waals surface area contributed by atoms with Gasteiger partial charge in [0.2, 0.25) is 0 Å². The normalized spacial score (nSPS) is 13.4. The van der Waals surface area contributed by atoms with Crippen LogP contribution in [0.25, 0.3) is 0 Å². The average molecular weight is 274 g/mol. The fourth-order valence-corrected chi connectivity index (χ4v) is 1.48. The van der Waals surface area contributed by atoms with E-state index in [-0.39, 0.29) is 0 Å². The molecule has 0 bridgehead atoms. The first-order valence-electron chi connectivity index (χ1n) is 6.31. The number of carbonyl (C=O) groups excluding carboxylic acids is 1. The van der Waals surface area contributed by atoms with E-state index in [1.165, 1.54) is 4.90 Å². The third-order valence-corrected chi connectivity index (χ3v) is 2.87. The van der Waals surface area contributed by atoms with Crippen molar-refractivity contribution >= 4 is 18.0 Å². The summed E-state index contributed by atoms with van der Waals surface area (Å²) < 4.78 is 0. The van der Waals surface area contributed by atoms with Gasteiger partial charge in [-0.1, -0.05) is 20.3 Å². The highest BCUT2D eigenvalue weighted by Crippen LogP contribution is 2.05. The summed E-state index contributed by atoms with van der Waals surface area (Å²) in [5.41, 5.74) is 0. The zero-order valence-electron chi connectivity index (χ0n) is 11.5. The number of nitrogens with one attached hydrogen (secondary N) is 1. The minimum atomic E-state index is -1.41. The number of nitrogens with zero attached hydrogens (tertiary/aromatic N) is 1. The standard InChI is InChI=1S/C12H22N2O5/c1-4-8(3)7-14(5-2)12(19)13-9(11(17)18)6-10(15)16/h8-9H,4-7H2,1-3H3,(H,13,19)(H,15,16)(H,17,18). The van der Waals surface area contributed by atoms with Crippen LogP contribution < -0.4 is 5.32 Å². The molecule has 0 aliphatic carbocycles. The molecular weight excluding hydrogens is 252 g/mol. The second kappa shape index (κ2) is 8.34. The summed E-state index contributed by atoms with van der Waals surface area (Å²) in [5, 5.41) is 19.7. The molecule has 0 fully saturated rings. The van der Waals surface area contributed by atoms with E-state index in [4.69, 9.17) is 10.2 Å². The molecule has 2 unspecified atom stereocenters. The van der Waals surface area contributed by atoms with Crippen LogP contribution in [0.2, 0.25) is 0 Å². The zero-order chi connectivity index (χ0) is 15.0. The molecule has 0 aliphatic rings. The van der Waals surface area contributed by atoms with E-state index >= 15 is 0 Å². The number of amides is 2. The minimum absolute atomic E-state index is 0.299. The Labute approximate surface area is 112 Å². The summed E-state index contributed by atoms with van der Waals surface area (Å²) in [4.78, 5) is 34.8. The molecule has 2 amide bonds. The first-order chi connectivity index (χ1) is 8.81. The van der Waals surface area contributed by atoms with Gasteiger partial charge in [0.25, 0.3) is 0 Å². The Morgan fingerprint density at radius 1 is 1.21 bits per heavy atom. The molecule has 7 nitrogen and oxygen atoms in total. The van der Waals surface area contributed by atoms with Gasteiger partial charge in [0.15, 0.2) is 0 Å². The smallest absolute Gasteiger partial charge is 0.326 e. The quantitative estimate of drug-likeness (QED) is 0.612. The summed E-state index contributed by atoms with van der Waals surface area (Å²) >= 11 is 0. The van der Waals surface area contributed by atoms with E-state index in [1.807, 2.05) is 13.8 Å². The number of carboxylic acids is 2. The molecular formula is C12H22N2O5. The largest absolute Gasteiger partial charge is 0.481 e. The highest BCUT2D eigenvalue weighted by Gasteiger charge is 2.25. The number of hydrogen-bond acceptors (Lipinski definition) is 3. The minimum Gasteiger partial charge on any atom is -0.481 e. The summed E-state index contributed by atoms with van der Waals surface area (Å²) in [5.74, 6) is -2.32. The number of rotatable bonds is 8. The molecule has 19 heavy (non-hydrogen) atoms. The van der Waals surface area contributed by atoms with E-state index in [1.54, 1.807) is 6.92 Å². The zero-order valence-corrected chi connectivity index (χ0v) is 11.5. The van der Waals surface area contributed by atoms with Gasteiger partial charge in [-0.15, -0.1) is 0 Å². The summed E-state index contributed by atoms with van der Waals surface area (Å²) in [7, 11) is 0. The highest BCUT2D eigenvalue weighted by molar-refractivity contribution is 5.86. The molecule has 0 saturated carbocycles. The Morgan fingerprint density at radius 2 is 1.79 bits per heavy atom. The summed E-state index contributed by atoms with van der Waals surface area (Å²) in [6.07, 6.45) is 0.267. The second-order valence-corrected chi connectivity index (χ2v) is 4.49. The van der Waals surface area contributed by atoms with E-state index in [0.29, 0.717) is 19.0 Å². The van der Waals surface area contributed by atoms with Crippen molar-refractivity contribution in [3.05, 3.63) is 0 Å². The van der Waals surface area contributed by atoms with Gasteiger partial charge >= 0.3 is 18.0 Å². The molecule has 0 rings (SSSR count). The van der Waals surface area contributed by atoms with Gasteiger partial charge in [-0.05, 0) is 12.8 Å². The Hall–Kier alpha value is -1.79. The number of urea groups is 1. The molecule has 0 saturated heterocycles. The van der Waals surface area contributed by atoms with E-state index < -0.39 is 30.4 Å². The predicted octanol–water partition coefficient (Wildman–Crippen LogP) is 0.992. The van der Waals surface area contributed by atoms with Crippen LogP contribution in [0.4, 0.5) is 4.79 Å². The number of hydrogen-bond donors (Lipinski definition) is 3. The van der Waals surface area contributed by atoms with Gasteiger partial charge in [0.05, 0.1) is 6.42 Å². The van der Waals surface area contributed by atoms with Gasteiger partial charge < -0.3 is 20.4 Å². The maximum absolute atomic E-state index is 11.9. The van der Waals surface area contributed by atoms with Gasteiger partial charge in [-0.2, -0.15) is 0 Å². The molecule has 0 aromatic heterocycles. The van der Waals surface area contributed by atoms with E-state index in [2.05, 4.69) is 5.32 Å². The summed E-state index contributed by atoms with van der Waals surface area (Å²) in [6.45, 7) is 6.73. The molecule has 2 atom stereocenters. The molecule has 3 N–H and O–H groups in total. The molecule has 0 radical (unpaired) electrons. The molecule has 0 aromatic carbocycles.